The van der Waals surface area contributed by atoms with Gasteiger partial charge in [0, 0.05) is 32.4 Å². The fourth-order valence-electron chi connectivity index (χ4n) is 2.87. The Labute approximate surface area is 158 Å². The molecule has 0 radical (unpaired) electrons. The minimum absolute atomic E-state index is 0.0732. The molecule has 144 valence electrons. The Hall–Kier alpha value is -2.35. The number of carbonyl (C=O) groups is 1. The van der Waals surface area contributed by atoms with E-state index >= 15 is 0 Å². The first kappa shape index (κ1) is 19.4. The van der Waals surface area contributed by atoms with E-state index in [2.05, 4.69) is 4.98 Å². The molecule has 27 heavy (non-hydrogen) atoms. The second-order valence-corrected chi connectivity index (χ2v) is 6.61. The maximum atomic E-state index is 12.9. The Morgan fingerprint density at radius 3 is 2.30 bits per heavy atom. The van der Waals surface area contributed by atoms with Crippen LogP contribution in [-0.2, 0) is 17.4 Å². The van der Waals surface area contributed by atoms with Crippen molar-refractivity contribution >= 4 is 23.3 Å². The quantitative estimate of drug-likeness (QED) is 0.734. The molecule has 0 spiro atoms. The summed E-state index contributed by atoms with van der Waals surface area (Å²) in [5.41, 5.74) is -0.180. The summed E-state index contributed by atoms with van der Waals surface area (Å²) in [7, 11) is 0. The van der Waals surface area contributed by atoms with Crippen LogP contribution in [0.1, 0.15) is 11.1 Å². The molecular formula is C18H16ClF4N3O. The van der Waals surface area contributed by atoms with Crippen molar-refractivity contribution in [2.45, 2.75) is 12.6 Å². The molecule has 0 N–H and O–H groups in total. The maximum absolute atomic E-state index is 12.9. The second-order valence-electron chi connectivity index (χ2n) is 6.20. The van der Waals surface area contributed by atoms with Crippen molar-refractivity contribution in [2.75, 3.05) is 31.1 Å². The Bertz CT molecular complexity index is 818. The number of pyridine rings is 1. The molecule has 1 aliphatic heterocycles. The first-order chi connectivity index (χ1) is 12.7. The molecule has 1 fully saturated rings. The number of aromatic nitrogens is 1. The zero-order valence-corrected chi connectivity index (χ0v) is 14.9. The molecule has 1 aromatic heterocycles. The molecule has 1 amide bonds. The lowest BCUT2D eigenvalue weighted by Crippen LogP contribution is -2.49. The highest BCUT2D eigenvalue weighted by Crippen LogP contribution is 2.33. The van der Waals surface area contributed by atoms with Crippen LogP contribution in [-0.4, -0.2) is 42.0 Å². The molecule has 9 heteroatoms. The SMILES string of the molecule is O=C(Cc1ccc(F)cc1)N1CCN(c2ncc(C(F)(F)F)cc2Cl)CC1. The van der Waals surface area contributed by atoms with Crippen molar-refractivity contribution in [3.63, 3.8) is 0 Å². The molecule has 0 atom stereocenters. The van der Waals surface area contributed by atoms with E-state index in [1.165, 1.54) is 12.1 Å². The molecule has 2 heterocycles. The number of halogens is 5. The fourth-order valence-corrected chi connectivity index (χ4v) is 3.16. The van der Waals surface area contributed by atoms with Crippen LogP contribution < -0.4 is 4.90 Å². The van der Waals surface area contributed by atoms with Gasteiger partial charge in [-0.15, -0.1) is 0 Å². The number of hydrogen-bond acceptors (Lipinski definition) is 3. The van der Waals surface area contributed by atoms with Gasteiger partial charge < -0.3 is 9.80 Å². The van der Waals surface area contributed by atoms with Crippen LogP contribution in [0.25, 0.3) is 0 Å². The minimum Gasteiger partial charge on any atom is -0.352 e. The van der Waals surface area contributed by atoms with Crippen LogP contribution >= 0.6 is 11.6 Å². The van der Waals surface area contributed by atoms with Gasteiger partial charge in [0.25, 0.3) is 0 Å². The lowest BCUT2D eigenvalue weighted by Gasteiger charge is -2.36. The largest absolute Gasteiger partial charge is 0.417 e. The van der Waals surface area contributed by atoms with E-state index in [0.29, 0.717) is 26.2 Å². The fraction of sp³-hybridized carbons (Fsp3) is 0.333. The molecular weight excluding hydrogens is 386 g/mol. The number of anilines is 1. The van der Waals surface area contributed by atoms with E-state index in [4.69, 9.17) is 11.6 Å². The predicted molar refractivity (Wildman–Crippen MR) is 93.1 cm³/mol. The average molecular weight is 402 g/mol. The van der Waals surface area contributed by atoms with E-state index in [-0.39, 0.29) is 29.0 Å². The number of piperazine rings is 1. The highest BCUT2D eigenvalue weighted by atomic mass is 35.5. The topological polar surface area (TPSA) is 36.4 Å². The second kappa shape index (κ2) is 7.72. The lowest BCUT2D eigenvalue weighted by molar-refractivity contribution is -0.137. The average Bonchev–Trinajstić information content (AvgIpc) is 2.63. The summed E-state index contributed by atoms with van der Waals surface area (Å²) in [5, 5.41) is -0.0732. The Morgan fingerprint density at radius 2 is 1.74 bits per heavy atom. The molecule has 4 nitrogen and oxygen atoms in total. The van der Waals surface area contributed by atoms with Crippen LogP contribution in [0, 0.1) is 5.82 Å². The molecule has 0 bridgehead atoms. The van der Waals surface area contributed by atoms with Crippen molar-refractivity contribution in [1.29, 1.82) is 0 Å². The minimum atomic E-state index is -4.50. The number of carbonyl (C=O) groups excluding carboxylic acids is 1. The van der Waals surface area contributed by atoms with Crippen molar-refractivity contribution < 1.29 is 22.4 Å². The van der Waals surface area contributed by atoms with Gasteiger partial charge in [-0.3, -0.25) is 4.79 Å². The van der Waals surface area contributed by atoms with Gasteiger partial charge in [-0.05, 0) is 23.8 Å². The third-order valence-corrected chi connectivity index (χ3v) is 4.63. The molecule has 1 saturated heterocycles. The van der Waals surface area contributed by atoms with Gasteiger partial charge in [0.15, 0.2) is 0 Å². The molecule has 1 aliphatic rings. The number of hydrogen-bond donors (Lipinski definition) is 0. The smallest absolute Gasteiger partial charge is 0.352 e. The van der Waals surface area contributed by atoms with Crippen molar-refractivity contribution in [3.8, 4) is 0 Å². The Morgan fingerprint density at radius 1 is 1.11 bits per heavy atom. The molecule has 0 aliphatic carbocycles. The van der Waals surface area contributed by atoms with Crippen LogP contribution in [0.3, 0.4) is 0 Å². The molecule has 2 aromatic rings. The Kier molecular flexibility index (Phi) is 5.55. The monoisotopic (exact) mass is 401 g/mol. The summed E-state index contributed by atoms with van der Waals surface area (Å²) >= 11 is 5.97. The molecule has 0 saturated carbocycles. The predicted octanol–water partition coefficient (Wildman–Crippen LogP) is 3.78. The first-order valence-corrected chi connectivity index (χ1v) is 8.62. The zero-order valence-electron chi connectivity index (χ0n) is 14.1. The highest BCUT2D eigenvalue weighted by Gasteiger charge is 2.32. The van der Waals surface area contributed by atoms with E-state index in [1.54, 1.807) is 21.9 Å². The van der Waals surface area contributed by atoms with E-state index < -0.39 is 11.7 Å². The van der Waals surface area contributed by atoms with Crippen molar-refractivity contribution in [1.82, 2.24) is 9.88 Å². The Balaban J connectivity index is 1.60. The molecule has 0 unspecified atom stereocenters. The van der Waals surface area contributed by atoms with Crippen LogP contribution in [0.5, 0.6) is 0 Å². The van der Waals surface area contributed by atoms with Gasteiger partial charge in [0.1, 0.15) is 11.6 Å². The van der Waals surface area contributed by atoms with Crippen molar-refractivity contribution in [3.05, 3.63) is 58.5 Å². The van der Waals surface area contributed by atoms with Gasteiger partial charge >= 0.3 is 6.18 Å². The summed E-state index contributed by atoms with van der Waals surface area (Å²) in [5.74, 6) is -0.177. The highest BCUT2D eigenvalue weighted by molar-refractivity contribution is 6.33. The van der Waals surface area contributed by atoms with E-state index in [0.717, 1.165) is 17.8 Å². The van der Waals surface area contributed by atoms with Crippen molar-refractivity contribution in [2.24, 2.45) is 0 Å². The summed E-state index contributed by atoms with van der Waals surface area (Å²) in [6.07, 6.45) is -3.58. The van der Waals surface area contributed by atoms with E-state index in [1.807, 2.05) is 0 Å². The van der Waals surface area contributed by atoms with E-state index in [9.17, 15) is 22.4 Å². The number of rotatable bonds is 3. The third-order valence-electron chi connectivity index (χ3n) is 4.35. The van der Waals surface area contributed by atoms with Gasteiger partial charge in [-0.1, -0.05) is 23.7 Å². The van der Waals surface area contributed by atoms with Crippen LogP contribution in [0.15, 0.2) is 36.5 Å². The lowest BCUT2D eigenvalue weighted by atomic mass is 10.1. The molecule has 1 aromatic carbocycles. The summed E-state index contributed by atoms with van der Waals surface area (Å²) in [6, 6.07) is 6.60. The summed E-state index contributed by atoms with van der Waals surface area (Å²) < 4.78 is 51.0. The maximum Gasteiger partial charge on any atom is 0.417 e. The van der Waals surface area contributed by atoms with Gasteiger partial charge in [0.2, 0.25) is 5.91 Å². The van der Waals surface area contributed by atoms with Crippen LogP contribution in [0.2, 0.25) is 5.02 Å². The van der Waals surface area contributed by atoms with Gasteiger partial charge in [-0.2, -0.15) is 13.2 Å². The van der Waals surface area contributed by atoms with Gasteiger partial charge in [-0.25, -0.2) is 9.37 Å². The van der Waals surface area contributed by atoms with Crippen LogP contribution in [0.4, 0.5) is 23.4 Å². The number of benzene rings is 1. The summed E-state index contributed by atoms with van der Waals surface area (Å²) in [6.45, 7) is 1.62. The zero-order chi connectivity index (χ0) is 19.6. The number of nitrogens with zero attached hydrogens (tertiary/aromatic N) is 3. The first-order valence-electron chi connectivity index (χ1n) is 8.24. The third kappa shape index (κ3) is 4.68. The van der Waals surface area contributed by atoms with Gasteiger partial charge in [0.05, 0.1) is 17.0 Å². The summed E-state index contributed by atoms with van der Waals surface area (Å²) in [4.78, 5) is 19.6. The number of alkyl halides is 3. The standard InChI is InChI=1S/C18H16ClF4N3O/c19-15-10-13(18(21,22)23)11-24-17(15)26-7-5-25(6-8-26)16(27)9-12-1-3-14(20)4-2-12/h1-4,10-11H,5-9H2. The normalized spacial score (nSPS) is 15.1. The molecule has 3 rings (SSSR count). The number of amides is 1.